The SMILES string of the molecule is CNC1CCC(OCCCc2ccccc2)CC1. The van der Waals surface area contributed by atoms with Crippen molar-refractivity contribution in [2.75, 3.05) is 13.7 Å². The van der Waals surface area contributed by atoms with Crippen LogP contribution in [0.25, 0.3) is 0 Å². The Labute approximate surface area is 111 Å². The molecule has 1 fully saturated rings. The smallest absolute Gasteiger partial charge is 0.0576 e. The average Bonchev–Trinajstić information content (AvgIpc) is 2.45. The second-order valence-electron chi connectivity index (χ2n) is 5.22. The fourth-order valence-corrected chi connectivity index (χ4v) is 2.69. The summed E-state index contributed by atoms with van der Waals surface area (Å²) in [5.74, 6) is 0. The number of benzene rings is 1. The average molecular weight is 247 g/mol. The number of hydrogen-bond acceptors (Lipinski definition) is 2. The second-order valence-corrected chi connectivity index (χ2v) is 5.22. The van der Waals surface area contributed by atoms with E-state index in [1.165, 1.54) is 31.2 Å². The summed E-state index contributed by atoms with van der Waals surface area (Å²) in [4.78, 5) is 0. The van der Waals surface area contributed by atoms with Gasteiger partial charge in [-0.3, -0.25) is 0 Å². The summed E-state index contributed by atoms with van der Waals surface area (Å²) < 4.78 is 5.97. The number of rotatable bonds is 6. The molecule has 1 aromatic rings. The van der Waals surface area contributed by atoms with Crippen molar-refractivity contribution in [2.24, 2.45) is 0 Å². The molecule has 1 saturated carbocycles. The Hall–Kier alpha value is -0.860. The van der Waals surface area contributed by atoms with Crippen LogP contribution in [0.5, 0.6) is 0 Å². The predicted octanol–water partition coefficient (Wildman–Crippen LogP) is 3.17. The molecule has 0 amide bonds. The largest absolute Gasteiger partial charge is 0.378 e. The molecule has 2 rings (SSSR count). The Kier molecular flexibility index (Phi) is 5.69. The first-order chi connectivity index (χ1) is 8.88. The number of aryl methyl sites for hydroxylation is 1. The van der Waals surface area contributed by atoms with Crippen LogP contribution in [0.15, 0.2) is 30.3 Å². The lowest BCUT2D eigenvalue weighted by Crippen LogP contribution is -2.33. The summed E-state index contributed by atoms with van der Waals surface area (Å²) in [5, 5.41) is 3.36. The molecule has 1 aromatic carbocycles. The van der Waals surface area contributed by atoms with E-state index >= 15 is 0 Å². The minimum absolute atomic E-state index is 0.505. The van der Waals surface area contributed by atoms with Gasteiger partial charge in [0.05, 0.1) is 6.10 Å². The molecule has 0 radical (unpaired) electrons. The molecule has 1 aliphatic rings. The van der Waals surface area contributed by atoms with Gasteiger partial charge < -0.3 is 10.1 Å². The Morgan fingerprint density at radius 3 is 2.50 bits per heavy atom. The molecule has 2 nitrogen and oxygen atoms in total. The summed E-state index contributed by atoms with van der Waals surface area (Å²) >= 11 is 0. The van der Waals surface area contributed by atoms with E-state index in [0.29, 0.717) is 12.1 Å². The lowest BCUT2D eigenvalue weighted by atomic mass is 9.93. The minimum atomic E-state index is 0.505. The van der Waals surface area contributed by atoms with Gasteiger partial charge >= 0.3 is 0 Å². The van der Waals surface area contributed by atoms with Crippen molar-refractivity contribution in [3.63, 3.8) is 0 Å². The van der Waals surface area contributed by atoms with Crippen molar-refractivity contribution in [2.45, 2.75) is 50.7 Å². The zero-order valence-corrected chi connectivity index (χ0v) is 11.4. The molecule has 2 heteroatoms. The van der Waals surface area contributed by atoms with Crippen molar-refractivity contribution in [1.29, 1.82) is 0 Å². The molecule has 0 atom stereocenters. The topological polar surface area (TPSA) is 21.3 Å². The molecule has 0 aliphatic heterocycles. The highest BCUT2D eigenvalue weighted by Crippen LogP contribution is 2.21. The van der Waals surface area contributed by atoms with Crippen LogP contribution in [0.1, 0.15) is 37.7 Å². The summed E-state index contributed by atoms with van der Waals surface area (Å²) in [7, 11) is 2.06. The molecular weight excluding hydrogens is 222 g/mol. The third-order valence-corrected chi connectivity index (χ3v) is 3.89. The van der Waals surface area contributed by atoms with Gasteiger partial charge in [0.15, 0.2) is 0 Å². The number of ether oxygens (including phenoxy) is 1. The van der Waals surface area contributed by atoms with Crippen LogP contribution in [0.4, 0.5) is 0 Å². The van der Waals surface area contributed by atoms with Gasteiger partial charge in [0.25, 0.3) is 0 Å². The highest BCUT2D eigenvalue weighted by Gasteiger charge is 2.19. The van der Waals surface area contributed by atoms with E-state index in [4.69, 9.17) is 4.74 Å². The Morgan fingerprint density at radius 2 is 1.83 bits per heavy atom. The van der Waals surface area contributed by atoms with Crippen molar-refractivity contribution in [3.05, 3.63) is 35.9 Å². The van der Waals surface area contributed by atoms with Gasteiger partial charge in [-0.2, -0.15) is 0 Å². The monoisotopic (exact) mass is 247 g/mol. The van der Waals surface area contributed by atoms with Crippen LogP contribution in [0, 0.1) is 0 Å². The molecule has 0 saturated heterocycles. The Bertz CT molecular complexity index is 317. The lowest BCUT2D eigenvalue weighted by Gasteiger charge is -2.28. The maximum absolute atomic E-state index is 5.97. The first-order valence-electron chi connectivity index (χ1n) is 7.21. The van der Waals surface area contributed by atoms with Crippen molar-refractivity contribution >= 4 is 0 Å². The molecule has 0 unspecified atom stereocenters. The molecule has 1 aliphatic carbocycles. The first-order valence-corrected chi connectivity index (χ1v) is 7.21. The highest BCUT2D eigenvalue weighted by atomic mass is 16.5. The maximum atomic E-state index is 5.97. The Balaban J connectivity index is 1.56. The molecule has 18 heavy (non-hydrogen) atoms. The van der Waals surface area contributed by atoms with E-state index in [9.17, 15) is 0 Å². The molecule has 100 valence electrons. The summed E-state index contributed by atoms with van der Waals surface area (Å²) in [6.45, 7) is 0.907. The molecular formula is C16H25NO. The van der Waals surface area contributed by atoms with E-state index in [-0.39, 0.29) is 0 Å². The van der Waals surface area contributed by atoms with Gasteiger partial charge in [-0.15, -0.1) is 0 Å². The number of nitrogens with one attached hydrogen (secondary N) is 1. The minimum Gasteiger partial charge on any atom is -0.378 e. The van der Waals surface area contributed by atoms with Gasteiger partial charge in [-0.05, 0) is 51.1 Å². The molecule has 1 N–H and O–H groups in total. The normalized spacial score (nSPS) is 24.1. The van der Waals surface area contributed by atoms with E-state index in [1.807, 2.05) is 0 Å². The fraction of sp³-hybridized carbons (Fsp3) is 0.625. The molecule has 0 spiro atoms. The van der Waals surface area contributed by atoms with Gasteiger partial charge in [0, 0.05) is 12.6 Å². The first kappa shape index (κ1) is 13.6. The van der Waals surface area contributed by atoms with E-state index in [2.05, 4.69) is 42.7 Å². The molecule has 0 heterocycles. The summed E-state index contributed by atoms with van der Waals surface area (Å²) in [5.41, 5.74) is 1.42. The van der Waals surface area contributed by atoms with E-state index in [1.54, 1.807) is 0 Å². The van der Waals surface area contributed by atoms with Crippen LogP contribution < -0.4 is 5.32 Å². The van der Waals surface area contributed by atoms with Crippen molar-refractivity contribution in [1.82, 2.24) is 5.32 Å². The molecule has 0 aromatic heterocycles. The van der Waals surface area contributed by atoms with E-state index < -0.39 is 0 Å². The second kappa shape index (κ2) is 7.55. The molecule has 0 bridgehead atoms. The van der Waals surface area contributed by atoms with Crippen LogP contribution >= 0.6 is 0 Å². The highest BCUT2D eigenvalue weighted by molar-refractivity contribution is 5.14. The Morgan fingerprint density at radius 1 is 1.11 bits per heavy atom. The van der Waals surface area contributed by atoms with Crippen molar-refractivity contribution in [3.8, 4) is 0 Å². The quantitative estimate of drug-likeness (QED) is 0.780. The van der Waals surface area contributed by atoms with E-state index in [0.717, 1.165) is 19.4 Å². The third-order valence-electron chi connectivity index (χ3n) is 3.89. The summed E-state index contributed by atoms with van der Waals surface area (Å²) in [6, 6.07) is 11.4. The zero-order valence-electron chi connectivity index (χ0n) is 11.4. The zero-order chi connectivity index (χ0) is 12.6. The van der Waals surface area contributed by atoms with Crippen LogP contribution in [-0.4, -0.2) is 25.8 Å². The maximum Gasteiger partial charge on any atom is 0.0576 e. The van der Waals surface area contributed by atoms with Gasteiger partial charge in [-0.1, -0.05) is 30.3 Å². The lowest BCUT2D eigenvalue weighted by molar-refractivity contribution is 0.0220. The third kappa shape index (κ3) is 4.43. The predicted molar refractivity (Wildman–Crippen MR) is 75.8 cm³/mol. The van der Waals surface area contributed by atoms with Gasteiger partial charge in [0.2, 0.25) is 0 Å². The number of hydrogen-bond donors (Lipinski definition) is 1. The van der Waals surface area contributed by atoms with Crippen LogP contribution in [0.2, 0.25) is 0 Å². The van der Waals surface area contributed by atoms with Crippen LogP contribution in [0.3, 0.4) is 0 Å². The standard InChI is InChI=1S/C16H25NO/c1-17-15-9-11-16(12-10-15)18-13-5-8-14-6-3-2-4-7-14/h2-4,6-7,15-17H,5,8-13H2,1H3. The van der Waals surface area contributed by atoms with Gasteiger partial charge in [-0.25, -0.2) is 0 Å². The van der Waals surface area contributed by atoms with Crippen molar-refractivity contribution < 1.29 is 4.74 Å². The van der Waals surface area contributed by atoms with Crippen LogP contribution in [-0.2, 0) is 11.2 Å². The summed E-state index contributed by atoms with van der Waals surface area (Å²) in [6.07, 6.45) is 7.74. The van der Waals surface area contributed by atoms with Gasteiger partial charge in [0.1, 0.15) is 0 Å². The fourth-order valence-electron chi connectivity index (χ4n) is 2.69.